The van der Waals surface area contributed by atoms with E-state index in [0.29, 0.717) is 0 Å². The van der Waals surface area contributed by atoms with Gasteiger partial charge < -0.3 is 4.98 Å². The van der Waals surface area contributed by atoms with Crippen molar-refractivity contribution >= 4 is 21.8 Å². The molecule has 4 aromatic heterocycles. The highest BCUT2D eigenvalue weighted by Gasteiger charge is 2.22. The summed E-state index contributed by atoms with van der Waals surface area (Å²) in [5, 5.41) is 2.34. The van der Waals surface area contributed by atoms with Gasteiger partial charge in [-0.25, -0.2) is 15.0 Å². The Morgan fingerprint density at radius 1 is 0.404 bits per heavy atom. The molecular weight excluding hydrogens is 573 g/mol. The van der Waals surface area contributed by atoms with Crippen molar-refractivity contribution in [3.05, 3.63) is 139 Å². The average molecular weight is 605 g/mol. The molecule has 0 spiro atoms. The lowest BCUT2D eigenvalue weighted by molar-refractivity contribution is 0.590. The number of rotatable bonds is 2. The molecule has 4 nitrogen and oxygen atoms in total. The smallest absolute Gasteiger partial charge is 0.0901 e. The van der Waals surface area contributed by atoms with Gasteiger partial charge in [0.1, 0.15) is 0 Å². The van der Waals surface area contributed by atoms with Gasteiger partial charge >= 0.3 is 0 Å². The SMILES string of the molecule is CC(C)(C)c1cc2nc(c1)-c1cccc3c1[nH]c1c(cccc13)-c1cc(-c3ccccc3)cc(n1)-c1cc(-c3ccccc3)cc-2n1. The van der Waals surface area contributed by atoms with Crippen molar-refractivity contribution in [3.63, 3.8) is 0 Å². The Kier molecular flexibility index (Phi) is 6.03. The van der Waals surface area contributed by atoms with Crippen LogP contribution in [0.3, 0.4) is 0 Å². The van der Waals surface area contributed by atoms with Crippen LogP contribution in [0.5, 0.6) is 0 Å². The number of para-hydroxylation sites is 2. The van der Waals surface area contributed by atoms with Gasteiger partial charge in [-0.05, 0) is 69.6 Å². The molecule has 0 fully saturated rings. The number of nitrogens with zero attached hydrogens (tertiary/aromatic N) is 3. The number of benzene rings is 4. The molecule has 0 radical (unpaired) electrons. The van der Waals surface area contributed by atoms with Crippen molar-refractivity contribution in [3.8, 4) is 67.5 Å². The molecule has 0 aliphatic carbocycles. The second kappa shape index (κ2) is 10.3. The minimum absolute atomic E-state index is 0.0975. The number of nitrogens with one attached hydrogen (secondary N) is 1. The van der Waals surface area contributed by atoms with Crippen LogP contribution in [-0.2, 0) is 5.41 Å². The van der Waals surface area contributed by atoms with E-state index in [1.54, 1.807) is 0 Å². The molecule has 224 valence electrons. The summed E-state index contributed by atoms with van der Waals surface area (Å²) in [6, 6.07) is 47.2. The minimum atomic E-state index is -0.0975. The number of fused-ring (bicyclic) bond motifs is 11. The number of hydrogen-bond donors (Lipinski definition) is 1. The molecule has 8 bridgehead atoms. The summed E-state index contributed by atoms with van der Waals surface area (Å²) in [4.78, 5) is 19.9. The quantitative estimate of drug-likeness (QED) is 0.214. The predicted octanol–water partition coefficient (Wildman–Crippen LogP) is 11.1. The van der Waals surface area contributed by atoms with E-state index in [9.17, 15) is 0 Å². The van der Waals surface area contributed by atoms with E-state index >= 15 is 0 Å². The third-order valence-corrected chi connectivity index (χ3v) is 9.30. The summed E-state index contributed by atoms with van der Waals surface area (Å²) in [5.41, 5.74) is 14.9. The van der Waals surface area contributed by atoms with Crippen molar-refractivity contribution < 1.29 is 0 Å². The first kappa shape index (κ1) is 27.4. The fourth-order valence-electron chi connectivity index (χ4n) is 6.79. The standard InChI is InChI=1S/C43H32N4/c1-43(2,3)30-24-36-34-19-11-17-32-31-16-10-18-33(41(31)47-42(32)34)35-20-28(26-12-6-4-7-13-26)21-37(44-35)38-22-29(27-14-8-5-9-15-27)23-39(46-38)40(25-30)45-36/h4-25,47H,1-3H3. The number of aromatic amines is 1. The Morgan fingerprint density at radius 2 is 0.809 bits per heavy atom. The summed E-state index contributed by atoms with van der Waals surface area (Å²) in [5.74, 6) is 0. The first-order valence-corrected chi connectivity index (χ1v) is 16.1. The van der Waals surface area contributed by atoms with Crippen molar-refractivity contribution in [2.75, 3.05) is 0 Å². The number of hydrogen-bond acceptors (Lipinski definition) is 3. The zero-order valence-corrected chi connectivity index (χ0v) is 26.5. The summed E-state index contributed by atoms with van der Waals surface area (Å²) >= 11 is 0. The Labute approximate surface area is 273 Å². The van der Waals surface area contributed by atoms with E-state index in [1.807, 2.05) is 0 Å². The van der Waals surface area contributed by atoms with E-state index in [-0.39, 0.29) is 5.41 Å². The summed E-state index contributed by atoms with van der Waals surface area (Å²) in [6.07, 6.45) is 0. The Balaban J connectivity index is 1.46. The third kappa shape index (κ3) is 4.64. The van der Waals surface area contributed by atoms with Crippen LogP contribution in [0.1, 0.15) is 26.3 Å². The highest BCUT2D eigenvalue weighted by molar-refractivity contribution is 6.15. The molecule has 0 saturated heterocycles. The zero-order chi connectivity index (χ0) is 31.7. The molecule has 1 N–H and O–H groups in total. The van der Waals surface area contributed by atoms with Crippen molar-refractivity contribution in [2.45, 2.75) is 26.2 Å². The first-order chi connectivity index (χ1) is 22.9. The van der Waals surface area contributed by atoms with Crippen LogP contribution in [0.25, 0.3) is 89.4 Å². The molecule has 0 saturated carbocycles. The van der Waals surface area contributed by atoms with E-state index in [0.717, 1.165) is 78.6 Å². The zero-order valence-electron chi connectivity index (χ0n) is 26.5. The highest BCUT2D eigenvalue weighted by atomic mass is 14.8. The largest absolute Gasteiger partial charge is 0.353 e. The van der Waals surface area contributed by atoms with Gasteiger partial charge in [0.15, 0.2) is 0 Å². The van der Waals surface area contributed by atoms with E-state index < -0.39 is 0 Å². The highest BCUT2D eigenvalue weighted by Crippen LogP contribution is 2.41. The van der Waals surface area contributed by atoms with E-state index in [2.05, 4.69) is 159 Å². The molecule has 4 heteroatoms. The summed E-state index contributed by atoms with van der Waals surface area (Å²) in [7, 11) is 0. The van der Waals surface area contributed by atoms with Crippen molar-refractivity contribution in [2.24, 2.45) is 0 Å². The van der Waals surface area contributed by atoms with Gasteiger partial charge in [-0.2, -0.15) is 0 Å². The topological polar surface area (TPSA) is 54.5 Å². The second-order valence-electron chi connectivity index (χ2n) is 13.4. The van der Waals surface area contributed by atoms with Crippen LogP contribution >= 0.6 is 0 Å². The first-order valence-electron chi connectivity index (χ1n) is 16.1. The number of aromatic nitrogens is 4. The molecule has 4 aromatic carbocycles. The fourth-order valence-corrected chi connectivity index (χ4v) is 6.79. The maximum absolute atomic E-state index is 5.36. The number of pyridine rings is 3. The summed E-state index contributed by atoms with van der Waals surface area (Å²) < 4.78 is 0. The Bertz CT molecular complexity index is 2490. The van der Waals surface area contributed by atoms with Gasteiger partial charge in [0.25, 0.3) is 0 Å². The lowest BCUT2D eigenvalue weighted by Crippen LogP contribution is -2.12. The van der Waals surface area contributed by atoms with Crippen LogP contribution < -0.4 is 0 Å². The minimum Gasteiger partial charge on any atom is -0.353 e. The monoisotopic (exact) mass is 604 g/mol. The van der Waals surface area contributed by atoms with E-state index in [1.165, 1.54) is 16.3 Å². The molecular formula is C43H32N4. The maximum Gasteiger partial charge on any atom is 0.0901 e. The van der Waals surface area contributed by atoms with Crippen molar-refractivity contribution in [1.29, 1.82) is 0 Å². The molecule has 1 aliphatic rings. The lowest BCUT2D eigenvalue weighted by Gasteiger charge is -2.21. The second-order valence-corrected chi connectivity index (χ2v) is 13.4. The predicted molar refractivity (Wildman–Crippen MR) is 194 cm³/mol. The van der Waals surface area contributed by atoms with Gasteiger partial charge in [0.2, 0.25) is 0 Å². The van der Waals surface area contributed by atoms with Crippen LogP contribution in [0, 0.1) is 0 Å². The molecule has 8 aromatic rings. The van der Waals surface area contributed by atoms with Gasteiger partial charge in [-0.1, -0.05) is 118 Å². The Morgan fingerprint density at radius 3 is 1.30 bits per heavy atom. The van der Waals surface area contributed by atoms with Crippen LogP contribution in [0.4, 0.5) is 0 Å². The molecule has 0 atom stereocenters. The molecule has 0 unspecified atom stereocenters. The Hall–Kier alpha value is -5.87. The third-order valence-electron chi connectivity index (χ3n) is 9.30. The maximum atomic E-state index is 5.36. The molecule has 1 aliphatic heterocycles. The molecule has 9 rings (SSSR count). The summed E-state index contributed by atoms with van der Waals surface area (Å²) in [6.45, 7) is 6.76. The van der Waals surface area contributed by atoms with Crippen LogP contribution in [0.15, 0.2) is 133 Å². The molecule has 0 amide bonds. The van der Waals surface area contributed by atoms with Crippen LogP contribution in [0.2, 0.25) is 0 Å². The van der Waals surface area contributed by atoms with Gasteiger partial charge in [0.05, 0.1) is 45.2 Å². The van der Waals surface area contributed by atoms with Crippen LogP contribution in [-0.4, -0.2) is 19.9 Å². The van der Waals surface area contributed by atoms with Crippen molar-refractivity contribution in [1.82, 2.24) is 19.9 Å². The molecule has 5 heterocycles. The lowest BCUT2D eigenvalue weighted by atomic mass is 9.85. The normalized spacial score (nSPS) is 12.1. The van der Waals surface area contributed by atoms with Gasteiger partial charge in [-0.3, -0.25) is 0 Å². The van der Waals surface area contributed by atoms with Gasteiger partial charge in [-0.15, -0.1) is 0 Å². The average Bonchev–Trinajstić information content (AvgIpc) is 3.50. The fraction of sp³-hybridized carbons (Fsp3) is 0.0930. The molecule has 47 heavy (non-hydrogen) atoms. The van der Waals surface area contributed by atoms with E-state index in [4.69, 9.17) is 15.0 Å². The number of H-pyrrole nitrogens is 1. The van der Waals surface area contributed by atoms with Gasteiger partial charge in [0, 0.05) is 21.9 Å².